The number of halogens is 2. The topological polar surface area (TPSA) is 47.6 Å². The average molecular weight is 403 g/mol. The van der Waals surface area contributed by atoms with E-state index in [1.54, 1.807) is 12.1 Å². The molecule has 1 amide bonds. The number of aryl methyl sites for hydroxylation is 1. The summed E-state index contributed by atoms with van der Waals surface area (Å²) in [5.41, 5.74) is 2.11. The molecule has 2 atom stereocenters. The summed E-state index contributed by atoms with van der Waals surface area (Å²) in [5, 5.41) is 2.92. The van der Waals surface area contributed by atoms with E-state index in [1.165, 1.54) is 6.07 Å². The molecule has 29 heavy (non-hydrogen) atoms. The Morgan fingerprint density at radius 2 is 2.03 bits per heavy atom. The minimum absolute atomic E-state index is 0.188. The van der Waals surface area contributed by atoms with Gasteiger partial charge in [-0.15, -0.1) is 0 Å². The van der Waals surface area contributed by atoms with E-state index >= 15 is 0 Å². The lowest BCUT2D eigenvalue weighted by atomic mass is 9.95. The third-order valence-corrected chi connectivity index (χ3v) is 5.22. The predicted molar refractivity (Wildman–Crippen MR) is 107 cm³/mol. The maximum absolute atomic E-state index is 13.8. The number of rotatable bonds is 8. The van der Waals surface area contributed by atoms with Gasteiger partial charge >= 0.3 is 0 Å². The van der Waals surface area contributed by atoms with Crippen LogP contribution in [0.4, 0.5) is 8.78 Å². The molecule has 1 heterocycles. The Morgan fingerprint density at radius 3 is 2.76 bits per heavy atom. The monoisotopic (exact) mass is 403 g/mol. The fourth-order valence-electron chi connectivity index (χ4n) is 3.48. The van der Waals surface area contributed by atoms with Crippen LogP contribution < -0.4 is 5.32 Å². The molecule has 0 spiro atoms. The summed E-state index contributed by atoms with van der Waals surface area (Å²) in [6.45, 7) is 3.28. The zero-order chi connectivity index (χ0) is 20.6. The van der Waals surface area contributed by atoms with E-state index in [2.05, 4.69) is 5.32 Å². The molecule has 3 rings (SSSR count). The highest BCUT2D eigenvalue weighted by Gasteiger charge is 2.19. The van der Waals surface area contributed by atoms with Gasteiger partial charge in [-0.25, -0.2) is 8.78 Å². The number of amides is 1. The number of benzene rings is 2. The zero-order valence-corrected chi connectivity index (χ0v) is 16.6. The van der Waals surface area contributed by atoms with Crippen molar-refractivity contribution in [2.24, 2.45) is 0 Å². The van der Waals surface area contributed by atoms with Crippen molar-refractivity contribution in [2.45, 2.75) is 44.8 Å². The van der Waals surface area contributed by atoms with Gasteiger partial charge in [0.25, 0.3) is 5.91 Å². The third-order valence-electron chi connectivity index (χ3n) is 5.22. The largest absolute Gasteiger partial charge is 0.353 e. The van der Waals surface area contributed by atoms with E-state index in [-0.39, 0.29) is 18.1 Å². The first-order valence-corrected chi connectivity index (χ1v) is 10.1. The number of carbonyl (C=O) groups is 1. The lowest BCUT2D eigenvalue weighted by molar-refractivity contribution is -0.163. The van der Waals surface area contributed by atoms with Crippen molar-refractivity contribution in [1.82, 2.24) is 5.32 Å². The van der Waals surface area contributed by atoms with Crippen molar-refractivity contribution < 1.29 is 23.0 Å². The van der Waals surface area contributed by atoms with Gasteiger partial charge in [-0.1, -0.05) is 24.3 Å². The smallest absolute Gasteiger partial charge is 0.251 e. The molecule has 2 unspecified atom stereocenters. The van der Waals surface area contributed by atoms with Crippen molar-refractivity contribution in [3.63, 3.8) is 0 Å². The maximum Gasteiger partial charge on any atom is 0.251 e. The molecule has 1 aliphatic rings. The van der Waals surface area contributed by atoms with Crippen LogP contribution >= 0.6 is 0 Å². The van der Waals surface area contributed by atoms with Crippen molar-refractivity contribution in [2.75, 3.05) is 19.8 Å². The molecule has 156 valence electrons. The quantitative estimate of drug-likeness (QED) is 0.694. The SMILES string of the molecule is Cc1ccccc1C(=O)NCC(CCOC1CCCCO1)c1ccc(F)c(F)c1. The fourth-order valence-corrected chi connectivity index (χ4v) is 3.48. The first kappa shape index (κ1) is 21.4. The Hall–Kier alpha value is -2.31. The Kier molecular flexibility index (Phi) is 7.72. The van der Waals surface area contributed by atoms with Crippen LogP contribution in [0.2, 0.25) is 0 Å². The van der Waals surface area contributed by atoms with E-state index in [9.17, 15) is 13.6 Å². The molecule has 1 saturated heterocycles. The molecule has 0 saturated carbocycles. The van der Waals surface area contributed by atoms with Gasteiger partial charge in [-0.2, -0.15) is 0 Å². The second-order valence-corrected chi connectivity index (χ2v) is 7.35. The lowest BCUT2D eigenvalue weighted by Gasteiger charge is -2.24. The Morgan fingerprint density at radius 1 is 1.21 bits per heavy atom. The van der Waals surface area contributed by atoms with Gasteiger partial charge in [-0.05, 0) is 61.9 Å². The molecule has 1 fully saturated rings. The molecule has 0 bridgehead atoms. The highest BCUT2D eigenvalue weighted by atomic mass is 19.2. The van der Waals surface area contributed by atoms with Crippen LogP contribution in [0.15, 0.2) is 42.5 Å². The normalized spacial score (nSPS) is 17.7. The molecule has 2 aromatic rings. The molecule has 6 heteroatoms. The summed E-state index contributed by atoms with van der Waals surface area (Å²) >= 11 is 0. The van der Waals surface area contributed by atoms with E-state index in [0.29, 0.717) is 37.3 Å². The van der Waals surface area contributed by atoms with E-state index < -0.39 is 11.6 Å². The molecule has 1 N–H and O–H groups in total. The number of ether oxygens (including phenoxy) is 2. The van der Waals surface area contributed by atoms with Gasteiger partial charge in [0, 0.05) is 24.6 Å². The number of nitrogens with one attached hydrogen (secondary N) is 1. The van der Waals surface area contributed by atoms with Gasteiger partial charge in [0.15, 0.2) is 17.9 Å². The Balaban J connectivity index is 1.64. The van der Waals surface area contributed by atoms with Gasteiger partial charge in [0.1, 0.15) is 0 Å². The number of hydrogen-bond acceptors (Lipinski definition) is 3. The minimum atomic E-state index is -0.894. The van der Waals surface area contributed by atoms with Crippen LogP contribution in [0.25, 0.3) is 0 Å². The second-order valence-electron chi connectivity index (χ2n) is 7.35. The molecule has 0 aromatic heterocycles. The summed E-state index contributed by atoms with van der Waals surface area (Å²) in [5.74, 6) is -2.17. The highest BCUT2D eigenvalue weighted by molar-refractivity contribution is 5.95. The van der Waals surface area contributed by atoms with Crippen LogP contribution in [-0.2, 0) is 9.47 Å². The second kappa shape index (κ2) is 10.5. The Labute approximate surface area is 170 Å². The summed E-state index contributed by atoms with van der Waals surface area (Å²) in [6, 6.07) is 11.2. The van der Waals surface area contributed by atoms with Gasteiger partial charge < -0.3 is 14.8 Å². The van der Waals surface area contributed by atoms with Crippen LogP contribution in [0.5, 0.6) is 0 Å². The molecule has 0 radical (unpaired) electrons. The van der Waals surface area contributed by atoms with Crippen molar-refractivity contribution in [3.05, 3.63) is 70.8 Å². The average Bonchev–Trinajstić information content (AvgIpc) is 2.73. The third kappa shape index (κ3) is 6.08. The zero-order valence-electron chi connectivity index (χ0n) is 16.6. The summed E-state index contributed by atoms with van der Waals surface area (Å²) in [7, 11) is 0. The van der Waals surface area contributed by atoms with Crippen LogP contribution in [0, 0.1) is 18.6 Å². The number of carbonyl (C=O) groups excluding carboxylic acids is 1. The van der Waals surface area contributed by atoms with Gasteiger partial charge in [0.2, 0.25) is 0 Å². The lowest BCUT2D eigenvalue weighted by Crippen LogP contribution is -2.30. The molecular formula is C23H27F2NO3. The van der Waals surface area contributed by atoms with E-state index in [1.807, 2.05) is 25.1 Å². The molecule has 2 aromatic carbocycles. The van der Waals surface area contributed by atoms with Crippen molar-refractivity contribution in [1.29, 1.82) is 0 Å². The molecular weight excluding hydrogens is 376 g/mol. The minimum Gasteiger partial charge on any atom is -0.353 e. The first-order valence-electron chi connectivity index (χ1n) is 10.1. The maximum atomic E-state index is 13.8. The molecule has 4 nitrogen and oxygen atoms in total. The molecule has 0 aliphatic carbocycles. The van der Waals surface area contributed by atoms with E-state index in [4.69, 9.17) is 9.47 Å². The standard InChI is InChI=1S/C23H27F2NO3/c1-16-6-2-3-7-19(16)23(27)26-15-18(17-9-10-20(24)21(25)14-17)11-13-29-22-8-4-5-12-28-22/h2-3,6-7,9-10,14,18,22H,4-5,8,11-13,15H2,1H3,(H,26,27). The first-order chi connectivity index (χ1) is 14.0. The Bertz CT molecular complexity index is 822. The van der Waals surface area contributed by atoms with E-state index in [0.717, 1.165) is 30.9 Å². The van der Waals surface area contributed by atoms with Crippen LogP contribution in [-0.4, -0.2) is 32.0 Å². The highest BCUT2D eigenvalue weighted by Crippen LogP contribution is 2.23. The van der Waals surface area contributed by atoms with Crippen LogP contribution in [0.1, 0.15) is 53.1 Å². The fraction of sp³-hybridized carbons (Fsp3) is 0.435. The summed E-state index contributed by atoms with van der Waals surface area (Å²) in [4.78, 5) is 12.5. The predicted octanol–water partition coefficient (Wildman–Crippen LogP) is 4.72. The number of hydrogen-bond donors (Lipinski definition) is 1. The van der Waals surface area contributed by atoms with Crippen molar-refractivity contribution in [3.8, 4) is 0 Å². The van der Waals surface area contributed by atoms with Gasteiger partial charge in [0.05, 0.1) is 6.61 Å². The summed E-state index contributed by atoms with van der Waals surface area (Å²) in [6.07, 6.45) is 3.32. The van der Waals surface area contributed by atoms with Crippen LogP contribution in [0.3, 0.4) is 0 Å². The molecule has 1 aliphatic heterocycles. The van der Waals surface area contributed by atoms with Crippen molar-refractivity contribution >= 4 is 5.91 Å². The van der Waals surface area contributed by atoms with Gasteiger partial charge in [-0.3, -0.25) is 4.79 Å². The summed E-state index contributed by atoms with van der Waals surface area (Å²) < 4.78 is 38.5.